The predicted molar refractivity (Wildman–Crippen MR) is 122 cm³/mol. The minimum Gasteiger partial charge on any atom is -0.350 e. The monoisotopic (exact) mass is 473 g/mol. The van der Waals surface area contributed by atoms with Crippen LogP contribution in [0.1, 0.15) is 54.4 Å². The summed E-state index contributed by atoms with van der Waals surface area (Å²) >= 11 is 0. The van der Waals surface area contributed by atoms with Gasteiger partial charge in [0.2, 0.25) is 5.91 Å². The van der Waals surface area contributed by atoms with Crippen LogP contribution in [0.15, 0.2) is 42.5 Å². The van der Waals surface area contributed by atoms with Gasteiger partial charge in [-0.3, -0.25) is 9.59 Å². The van der Waals surface area contributed by atoms with Crippen LogP contribution in [0, 0.1) is 23.4 Å². The Balaban J connectivity index is 1.42. The highest BCUT2D eigenvalue weighted by Crippen LogP contribution is 2.40. The van der Waals surface area contributed by atoms with Gasteiger partial charge in [0.15, 0.2) is 11.6 Å². The fourth-order valence-corrected chi connectivity index (χ4v) is 5.44. The van der Waals surface area contributed by atoms with Crippen molar-refractivity contribution >= 4 is 11.8 Å². The zero-order chi connectivity index (χ0) is 24.2. The van der Waals surface area contributed by atoms with Crippen LogP contribution in [-0.4, -0.2) is 41.4 Å². The third kappa shape index (κ3) is 5.43. The molecular formula is C26H30F3N3O2. The molecule has 2 fully saturated rings. The molecule has 2 aliphatic rings. The van der Waals surface area contributed by atoms with E-state index in [0.29, 0.717) is 24.1 Å². The molecule has 0 aromatic heterocycles. The fourth-order valence-electron chi connectivity index (χ4n) is 5.44. The molecule has 2 aromatic rings. The molecule has 0 spiro atoms. The number of amides is 2. The number of rotatable bonds is 7. The minimum atomic E-state index is -1.26. The van der Waals surface area contributed by atoms with Gasteiger partial charge in [-0.2, -0.15) is 0 Å². The summed E-state index contributed by atoms with van der Waals surface area (Å²) in [5, 5.41) is 2.96. The highest BCUT2D eigenvalue weighted by Gasteiger charge is 2.44. The maximum Gasteiger partial charge on any atom is 0.251 e. The first-order chi connectivity index (χ1) is 16.3. The maximum atomic E-state index is 14.0. The highest BCUT2D eigenvalue weighted by atomic mass is 19.2. The first-order valence-corrected chi connectivity index (χ1v) is 11.9. The number of nitrogens with two attached hydrogens (primary N) is 1. The molecule has 2 aromatic carbocycles. The average Bonchev–Trinajstić information content (AvgIpc) is 3.20. The first-order valence-electron chi connectivity index (χ1n) is 11.9. The van der Waals surface area contributed by atoms with Gasteiger partial charge in [-0.1, -0.05) is 31.0 Å². The van der Waals surface area contributed by atoms with Gasteiger partial charge in [-0.15, -0.1) is 0 Å². The highest BCUT2D eigenvalue weighted by molar-refractivity contribution is 5.94. The molecule has 1 saturated heterocycles. The lowest BCUT2D eigenvalue weighted by Gasteiger charge is -2.35. The largest absolute Gasteiger partial charge is 0.350 e. The number of nitrogens with one attached hydrogen (secondary N) is 1. The Bertz CT molecular complexity index is 1030. The van der Waals surface area contributed by atoms with Crippen LogP contribution in [0.3, 0.4) is 0 Å². The van der Waals surface area contributed by atoms with Gasteiger partial charge in [0, 0.05) is 42.7 Å². The molecule has 1 aliphatic heterocycles. The van der Waals surface area contributed by atoms with Gasteiger partial charge in [0.1, 0.15) is 5.82 Å². The Morgan fingerprint density at radius 1 is 1.03 bits per heavy atom. The van der Waals surface area contributed by atoms with Crippen LogP contribution in [0.5, 0.6) is 0 Å². The molecule has 0 radical (unpaired) electrons. The van der Waals surface area contributed by atoms with Crippen molar-refractivity contribution in [2.45, 2.75) is 63.1 Å². The van der Waals surface area contributed by atoms with Crippen LogP contribution in [-0.2, 0) is 11.2 Å². The Kier molecular flexibility index (Phi) is 7.56. The van der Waals surface area contributed by atoms with Crippen molar-refractivity contribution in [3.63, 3.8) is 0 Å². The molecule has 0 bridgehead atoms. The van der Waals surface area contributed by atoms with Gasteiger partial charge >= 0.3 is 0 Å². The summed E-state index contributed by atoms with van der Waals surface area (Å²) in [5.41, 5.74) is 6.65. The number of hydrogen-bond acceptors (Lipinski definition) is 3. The summed E-state index contributed by atoms with van der Waals surface area (Å²) in [6.45, 7) is 0.347. The molecule has 8 heteroatoms. The molecule has 1 heterocycles. The number of benzene rings is 2. The first kappa shape index (κ1) is 24.3. The molecule has 0 unspecified atom stereocenters. The minimum absolute atomic E-state index is 0.0369. The zero-order valence-corrected chi connectivity index (χ0v) is 19.0. The van der Waals surface area contributed by atoms with Gasteiger partial charge < -0.3 is 16.0 Å². The summed E-state index contributed by atoms with van der Waals surface area (Å²) in [7, 11) is 0. The molecule has 4 atom stereocenters. The van der Waals surface area contributed by atoms with Crippen LogP contribution in [0.25, 0.3) is 0 Å². The van der Waals surface area contributed by atoms with E-state index < -0.39 is 23.5 Å². The molecule has 34 heavy (non-hydrogen) atoms. The molecular weight excluding hydrogens is 443 g/mol. The van der Waals surface area contributed by atoms with E-state index in [4.69, 9.17) is 5.73 Å². The van der Waals surface area contributed by atoms with Gasteiger partial charge in [0.05, 0.1) is 0 Å². The third-order valence-electron chi connectivity index (χ3n) is 7.02. The lowest BCUT2D eigenvalue weighted by molar-refractivity contribution is -0.135. The number of halogens is 3. The lowest BCUT2D eigenvalue weighted by Crippen LogP contribution is -2.49. The smallest absolute Gasteiger partial charge is 0.251 e. The summed E-state index contributed by atoms with van der Waals surface area (Å²) in [4.78, 5) is 27.7. The number of hydrogen-bond donors (Lipinski definition) is 2. The maximum absolute atomic E-state index is 14.0. The van der Waals surface area contributed by atoms with Crippen LogP contribution in [0.2, 0.25) is 0 Å². The van der Waals surface area contributed by atoms with Gasteiger partial charge in [-0.05, 0) is 55.4 Å². The Labute approximate surface area is 197 Å². The van der Waals surface area contributed by atoms with E-state index in [1.165, 1.54) is 0 Å². The zero-order valence-electron chi connectivity index (χ0n) is 19.0. The standard InChI is InChI=1S/C26H30F3N3O2/c27-21-14-23(29)22(28)12-18(21)10-19(30)13-25(33)32-20(11-17-8-4-5-9-24(17)32)15-31-26(34)16-6-2-1-3-7-16/h1-3,6-7,12,14,17,19-20,24H,4-5,8-11,13,15,30H2,(H,31,34)/t17-,19+,20-,24-/m0/s1. The molecule has 1 aliphatic carbocycles. The third-order valence-corrected chi connectivity index (χ3v) is 7.02. The van der Waals surface area contributed by atoms with E-state index in [1.54, 1.807) is 24.3 Å². The molecule has 182 valence electrons. The van der Waals surface area contributed by atoms with Crippen molar-refractivity contribution in [1.29, 1.82) is 0 Å². The molecule has 3 N–H and O–H groups in total. The van der Waals surface area contributed by atoms with E-state index in [-0.39, 0.29) is 42.3 Å². The number of carbonyl (C=O) groups excluding carboxylic acids is 2. The average molecular weight is 474 g/mol. The Morgan fingerprint density at radius 3 is 2.50 bits per heavy atom. The summed E-state index contributed by atoms with van der Waals surface area (Å²) in [6, 6.07) is 9.43. The van der Waals surface area contributed by atoms with Crippen molar-refractivity contribution in [3.8, 4) is 0 Å². The lowest BCUT2D eigenvalue weighted by atomic mass is 9.84. The number of likely N-dealkylation sites (tertiary alicyclic amines) is 1. The molecule has 2 amide bonds. The van der Waals surface area contributed by atoms with Crippen LogP contribution < -0.4 is 11.1 Å². The summed E-state index contributed by atoms with van der Waals surface area (Å²) < 4.78 is 40.8. The van der Waals surface area contributed by atoms with E-state index in [2.05, 4.69) is 5.32 Å². The van der Waals surface area contributed by atoms with Crippen LogP contribution in [0.4, 0.5) is 13.2 Å². The second-order valence-corrected chi connectivity index (χ2v) is 9.40. The number of fused-ring (bicyclic) bond motifs is 1. The van der Waals surface area contributed by atoms with Gasteiger partial charge in [-0.25, -0.2) is 13.2 Å². The van der Waals surface area contributed by atoms with Crippen LogP contribution >= 0.6 is 0 Å². The molecule has 5 nitrogen and oxygen atoms in total. The second-order valence-electron chi connectivity index (χ2n) is 9.40. The van der Waals surface area contributed by atoms with E-state index in [9.17, 15) is 22.8 Å². The second kappa shape index (κ2) is 10.6. The Morgan fingerprint density at radius 2 is 1.74 bits per heavy atom. The molecule has 4 rings (SSSR count). The normalized spacial score (nSPS) is 22.8. The summed E-state index contributed by atoms with van der Waals surface area (Å²) in [6.07, 6.45) is 4.83. The van der Waals surface area contributed by atoms with Crippen molar-refractivity contribution in [2.75, 3.05) is 6.54 Å². The quantitative estimate of drug-likeness (QED) is 0.598. The van der Waals surface area contributed by atoms with Crippen molar-refractivity contribution in [1.82, 2.24) is 10.2 Å². The van der Waals surface area contributed by atoms with Crippen molar-refractivity contribution in [2.24, 2.45) is 11.7 Å². The number of nitrogens with zero attached hydrogens (tertiary/aromatic N) is 1. The summed E-state index contributed by atoms with van der Waals surface area (Å²) in [5.74, 6) is -3.23. The molecule has 1 saturated carbocycles. The number of carbonyl (C=O) groups is 2. The predicted octanol–water partition coefficient (Wildman–Crippen LogP) is 3.95. The van der Waals surface area contributed by atoms with Crippen molar-refractivity contribution < 1.29 is 22.8 Å². The topological polar surface area (TPSA) is 75.4 Å². The van der Waals surface area contributed by atoms with E-state index in [1.807, 2.05) is 11.0 Å². The SMILES string of the molecule is N[C@@H](CC(=O)N1[C@H](CNC(=O)c2ccccc2)C[C@@H]2CCCC[C@@H]21)Cc1cc(F)c(F)cc1F. The van der Waals surface area contributed by atoms with Crippen molar-refractivity contribution in [3.05, 3.63) is 71.0 Å². The Hall–Kier alpha value is -2.87. The van der Waals surface area contributed by atoms with Gasteiger partial charge in [0.25, 0.3) is 5.91 Å². The fraction of sp³-hybridized carbons (Fsp3) is 0.462. The van der Waals surface area contributed by atoms with E-state index >= 15 is 0 Å². The van der Waals surface area contributed by atoms with E-state index in [0.717, 1.165) is 38.2 Å².